The van der Waals surface area contributed by atoms with Crippen molar-refractivity contribution in [1.29, 1.82) is 0 Å². The molecule has 2 aliphatic heterocycles. The fourth-order valence-electron chi connectivity index (χ4n) is 3.27. The zero-order valence-electron chi connectivity index (χ0n) is 17.5. The van der Waals surface area contributed by atoms with Gasteiger partial charge >= 0.3 is 23.9 Å². The minimum atomic E-state index is -1.25. The highest BCUT2D eigenvalue weighted by Crippen LogP contribution is 2.31. The molecule has 0 spiro atoms. The Morgan fingerprint density at radius 1 is 0.800 bits per heavy atom. The molecule has 0 unspecified atom stereocenters. The molecule has 170 valence electrons. The quantitative estimate of drug-likeness (QED) is 0.414. The summed E-state index contributed by atoms with van der Waals surface area (Å²) in [6.07, 6.45) is -4.23. The lowest BCUT2D eigenvalue weighted by Gasteiger charge is -2.44. The first-order chi connectivity index (χ1) is 14.2. The van der Waals surface area contributed by atoms with Gasteiger partial charge in [-0.25, -0.2) is 0 Å². The van der Waals surface area contributed by atoms with Crippen LogP contribution >= 0.6 is 0 Å². The fraction of sp³-hybridized carbons (Fsp3) is 0.789. The van der Waals surface area contributed by atoms with Gasteiger partial charge in [0, 0.05) is 34.3 Å². The Kier molecular flexibility index (Phi) is 9.00. The van der Waals surface area contributed by atoms with E-state index in [1.165, 1.54) is 13.8 Å². The second kappa shape index (κ2) is 11.2. The molecule has 11 nitrogen and oxygen atoms in total. The second-order valence-electron chi connectivity index (χ2n) is 7.00. The van der Waals surface area contributed by atoms with E-state index in [2.05, 4.69) is 0 Å². The van der Waals surface area contributed by atoms with Crippen LogP contribution in [0, 0.1) is 0 Å². The second-order valence-corrected chi connectivity index (χ2v) is 7.00. The van der Waals surface area contributed by atoms with Gasteiger partial charge < -0.3 is 33.2 Å². The van der Waals surface area contributed by atoms with Crippen molar-refractivity contribution in [3.8, 4) is 0 Å². The third-order valence-electron chi connectivity index (χ3n) is 4.37. The van der Waals surface area contributed by atoms with E-state index in [9.17, 15) is 19.2 Å². The number of ether oxygens (including phenoxy) is 7. The van der Waals surface area contributed by atoms with Gasteiger partial charge in [-0.3, -0.25) is 19.2 Å². The topological polar surface area (TPSA) is 133 Å². The maximum atomic E-state index is 11.7. The molecule has 2 heterocycles. The minimum absolute atomic E-state index is 0.302. The van der Waals surface area contributed by atoms with Crippen molar-refractivity contribution >= 4 is 23.9 Å². The highest BCUT2D eigenvalue weighted by Gasteiger charge is 2.53. The zero-order valence-corrected chi connectivity index (χ0v) is 17.5. The molecule has 0 aliphatic carbocycles. The number of hydrogen-bond acceptors (Lipinski definition) is 11. The van der Waals surface area contributed by atoms with E-state index in [-0.39, 0.29) is 6.61 Å². The molecular weight excluding hydrogens is 404 g/mol. The van der Waals surface area contributed by atoms with Gasteiger partial charge in [0.15, 0.2) is 24.6 Å². The molecule has 2 rings (SSSR count). The van der Waals surface area contributed by atoms with Gasteiger partial charge in [0.25, 0.3) is 0 Å². The standard InChI is InChI=1S/C19H28O11/c1-10(20)25-9-14-16(26-11(2)21)17(27-12(3)22)18(28-13(4)23)19(29-14)30-15-7-5-6-8-24-15/h14-19H,5-9H2,1-4H3/t14-,15+,16-,17+,18-,19+/m1/s1. The Balaban J connectivity index is 2.34. The molecule has 0 saturated carbocycles. The molecular formula is C19H28O11. The van der Waals surface area contributed by atoms with Crippen molar-refractivity contribution in [3.05, 3.63) is 0 Å². The molecule has 2 aliphatic rings. The van der Waals surface area contributed by atoms with Gasteiger partial charge in [-0.05, 0) is 19.3 Å². The Morgan fingerprint density at radius 3 is 1.93 bits per heavy atom. The van der Waals surface area contributed by atoms with E-state index in [1.807, 2.05) is 0 Å². The van der Waals surface area contributed by atoms with Crippen LogP contribution in [0.4, 0.5) is 0 Å². The third-order valence-corrected chi connectivity index (χ3v) is 4.37. The van der Waals surface area contributed by atoms with Crippen LogP contribution in [0.15, 0.2) is 0 Å². The van der Waals surface area contributed by atoms with E-state index in [0.29, 0.717) is 13.0 Å². The van der Waals surface area contributed by atoms with Crippen LogP contribution < -0.4 is 0 Å². The van der Waals surface area contributed by atoms with Gasteiger partial charge in [-0.2, -0.15) is 0 Å². The molecule has 0 radical (unpaired) electrons. The summed E-state index contributed by atoms with van der Waals surface area (Å²) in [7, 11) is 0. The summed E-state index contributed by atoms with van der Waals surface area (Å²) in [5.41, 5.74) is 0. The average molecular weight is 432 g/mol. The summed E-state index contributed by atoms with van der Waals surface area (Å²) in [4.78, 5) is 46.4. The van der Waals surface area contributed by atoms with E-state index in [0.717, 1.165) is 26.7 Å². The lowest BCUT2D eigenvalue weighted by Crippen LogP contribution is -2.63. The first-order valence-corrected chi connectivity index (χ1v) is 9.75. The first kappa shape index (κ1) is 24.0. The molecule has 2 saturated heterocycles. The largest absolute Gasteiger partial charge is 0.463 e. The SMILES string of the molecule is CC(=O)OC[C@H]1O[C@@H](O[C@H]2CCCCO2)[C@H](OC(C)=O)[C@@H](OC(C)=O)[C@@H]1OC(C)=O. The third kappa shape index (κ3) is 7.22. The predicted molar refractivity (Wildman–Crippen MR) is 96.6 cm³/mol. The summed E-state index contributed by atoms with van der Waals surface area (Å²) in [5, 5.41) is 0. The van der Waals surface area contributed by atoms with Crippen molar-refractivity contribution in [1.82, 2.24) is 0 Å². The van der Waals surface area contributed by atoms with Crippen molar-refractivity contribution in [2.24, 2.45) is 0 Å². The van der Waals surface area contributed by atoms with Crippen molar-refractivity contribution in [3.63, 3.8) is 0 Å². The van der Waals surface area contributed by atoms with Crippen LogP contribution in [0.2, 0.25) is 0 Å². The lowest BCUT2D eigenvalue weighted by atomic mass is 9.98. The number of esters is 4. The number of carbonyl (C=O) groups excluding carboxylic acids is 4. The highest BCUT2D eigenvalue weighted by molar-refractivity contribution is 5.68. The summed E-state index contributed by atoms with van der Waals surface area (Å²) in [6, 6.07) is 0. The Labute approximate surface area is 174 Å². The van der Waals surface area contributed by atoms with Gasteiger partial charge in [-0.15, -0.1) is 0 Å². The smallest absolute Gasteiger partial charge is 0.303 e. The first-order valence-electron chi connectivity index (χ1n) is 9.75. The number of carbonyl (C=O) groups is 4. The fourth-order valence-corrected chi connectivity index (χ4v) is 3.27. The van der Waals surface area contributed by atoms with Gasteiger partial charge in [0.05, 0.1) is 0 Å². The normalized spacial score (nSPS) is 31.3. The molecule has 0 aromatic carbocycles. The molecule has 2 fully saturated rings. The Bertz CT molecular complexity index is 628. The Hall–Kier alpha value is -2.24. The molecule has 6 atom stereocenters. The van der Waals surface area contributed by atoms with Crippen molar-refractivity contribution in [2.75, 3.05) is 13.2 Å². The highest BCUT2D eigenvalue weighted by atomic mass is 16.8. The Morgan fingerprint density at radius 2 is 1.40 bits per heavy atom. The van der Waals surface area contributed by atoms with E-state index in [4.69, 9.17) is 33.2 Å². The number of rotatable bonds is 7. The van der Waals surface area contributed by atoms with Crippen molar-refractivity contribution in [2.45, 2.75) is 84.0 Å². The lowest BCUT2D eigenvalue weighted by molar-refractivity contribution is -0.343. The maximum absolute atomic E-state index is 11.7. The van der Waals surface area contributed by atoms with E-state index >= 15 is 0 Å². The molecule has 30 heavy (non-hydrogen) atoms. The van der Waals surface area contributed by atoms with E-state index in [1.54, 1.807) is 0 Å². The van der Waals surface area contributed by atoms with Crippen LogP contribution in [0.25, 0.3) is 0 Å². The molecule has 0 N–H and O–H groups in total. The zero-order chi connectivity index (χ0) is 22.3. The molecule has 0 aromatic heterocycles. The summed E-state index contributed by atoms with van der Waals surface area (Å²) < 4.78 is 38.2. The van der Waals surface area contributed by atoms with Crippen LogP contribution in [0.3, 0.4) is 0 Å². The van der Waals surface area contributed by atoms with Crippen LogP contribution in [-0.2, 0) is 52.3 Å². The van der Waals surface area contributed by atoms with Gasteiger partial charge in [0.1, 0.15) is 12.7 Å². The summed E-state index contributed by atoms with van der Waals surface area (Å²) >= 11 is 0. The van der Waals surface area contributed by atoms with Crippen LogP contribution in [-0.4, -0.2) is 74.1 Å². The molecule has 11 heteroatoms. The number of hydrogen-bond donors (Lipinski definition) is 0. The average Bonchev–Trinajstić information content (AvgIpc) is 2.64. The van der Waals surface area contributed by atoms with Gasteiger partial charge in [-0.1, -0.05) is 0 Å². The summed E-state index contributed by atoms with van der Waals surface area (Å²) in [6.45, 7) is 4.89. The monoisotopic (exact) mass is 432 g/mol. The van der Waals surface area contributed by atoms with Crippen LogP contribution in [0.5, 0.6) is 0 Å². The maximum Gasteiger partial charge on any atom is 0.303 e. The summed E-state index contributed by atoms with van der Waals surface area (Å²) in [5.74, 6) is -2.65. The molecule has 0 aromatic rings. The molecule has 0 amide bonds. The minimum Gasteiger partial charge on any atom is -0.463 e. The van der Waals surface area contributed by atoms with Gasteiger partial charge in [0.2, 0.25) is 6.29 Å². The van der Waals surface area contributed by atoms with Crippen molar-refractivity contribution < 1.29 is 52.3 Å². The molecule has 0 bridgehead atoms. The van der Waals surface area contributed by atoms with Crippen LogP contribution in [0.1, 0.15) is 47.0 Å². The predicted octanol–water partition coefficient (Wildman–Crippen LogP) is 0.613. The van der Waals surface area contributed by atoms with E-state index < -0.39 is 60.9 Å².